The second-order valence-corrected chi connectivity index (χ2v) is 6.28. The SMILES string of the molecule is CCC(C(N)=S)S(=O)(=O)N(C)CCC(=O)NC. The summed E-state index contributed by atoms with van der Waals surface area (Å²) in [5.74, 6) is -0.213. The average Bonchev–Trinajstić information content (AvgIpc) is 2.24. The zero-order valence-corrected chi connectivity index (χ0v) is 11.9. The van der Waals surface area contributed by atoms with E-state index < -0.39 is 15.3 Å². The summed E-state index contributed by atoms with van der Waals surface area (Å²) in [6.07, 6.45) is 0.433. The lowest BCUT2D eigenvalue weighted by molar-refractivity contribution is -0.120. The number of sulfonamides is 1. The minimum absolute atomic E-state index is 0.0423. The summed E-state index contributed by atoms with van der Waals surface area (Å²) in [6, 6.07) is 0. The fraction of sp³-hybridized carbons (Fsp3) is 0.778. The molecule has 0 aromatic heterocycles. The van der Waals surface area contributed by atoms with Gasteiger partial charge in [-0.15, -0.1) is 0 Å². The van der Waals surface area contributed by atoms with E-state index in [0.717, 1.165) is 4.31 Å². The largest absolute Gasteiger partial charge is 0.392 e. The van der Waals surface area contributed by atoms with Gasteiger partial charge in [-0.25, -0.2) is 12.7 Å². The van der Waals surface area contributed by atoms with Gasteiger partial charge in [-0.05, 0) is 6.42 Å². The van der Waals surface area contributed by atoms with Gasteiger partial charge in [0.1, 0.15) is 5.25 Å². The van der Waals surface area contributed by atoms with Crippen LogP contribution in [-0.4, -0.2) is 49.5 Å². The number of nitrogens with two attached hydrogens (primary N) is 1. The summed E-state index contributed by atoms with van der Waals surface area (Å²) < 4.78 is 25.2. The monoisotopic (exact) mass is 281 g/mol. The maximum atomic E-state index is 12.0. The van der Waals surface area contributed by atoms with Crippen LogP contribution in [0.25, 0.3) is 0 Å². The first-order chi connectivity index (χ1) is 7.77. The molecule has 0 aromatic carbocycles. The number of carbonyl (C=O) groups is 1. The summed E-state index contributed by atoms with van der Waals surface area (Å²) in [5.41, 5.74) is 5.40. The van der Waals surface area contributed by atoms with Crippen molar-refractivity contribution in [2.24, 2.45) is 5.73 Å². The Morgan fingerprint density at radius 3 is 2.41 bits per heavy atom. The van der Waals surface area contributed by atoms with Crippen LogP contribution in [0.3, 0.4) is 0 Å². The third kappa shape index (κ3) is 4.57. The predicted octanol–water partition coefficient (Wildman–Crippen LogP) is -0.551. The van der Waals surface area contributed by atoms with Crippen LogP contribution in [0.15, 0.2) is 0 Å². The van der Waals surface area contributed by atoms with E-state index in [4.69, 9.17) is 18.0 Å². The van der Waals surface area contributed by atoms with Crippen molar-refractivity contribution in [2.75, 3.05) is 20.6 Å². The van der Waals surface area contributed by atoms with E-state index in [1.54, 1.807) is 6.92 Å². The lowest BCUT2D eigenvalue weighted by atomic mass is 10.3. The number of nitrogens with one attached hydrogen (secondary N) is 1. The Hall–Kier alpha value is -0.730. The van der Waals surface area contributed by atoms with E-state index in [9.17, 15) is 13.2 Å². The summed E-state index contributed by atoms with van der Waals surface area (Å²) in [4.78, 5) is 11.0. The van der Waals surface area contributed by atoms with Crippen LogP contribution >= 0.6 is 12.2 Å². The maximum absolute atomic E-state index is 12.0. The normalized spacial score (nSPS) is 13.4. The topological polar surface area (TPSA) is 92.5 Å². The molecule has 0 aromatic rings. The van der Waals surface area contributed by atoms with E-state index >= 15 is 0 Å². The number of carbonyl (C=O) groups excluding carboxylic acids is 1. The highest BCUT2D eigenvalue weighted by Crippen LogP contribution is 2.11. The van der Waals surface area contributed by atoms with Crippen molar-refractivity contribution in [2.45, 2.75) is 25.0 Å². The zero-order valence-electron chi connectivity index (χ0n) is 10.3. The van der Waals surface area contributed by atoms with Crippen molar-refractivity contribution in [3.05, 3.63) is 0 Å². The van der Waals surface area contributed by atoms with Crippen molar-refractivity contribution < 1.29 is 13.2 Å². The Kier molecular flexibility index (Phi) is 6.58. The van der Waals surface area contributed by atoms with E-state index in [-0.39, 0.29) is 23.9 Å². The highest BCUT2D eigenvalue weighted by molar-refractivity contribution is 7.92. The lowest BCUT2D eigenvalue weighted by Gasteiger charge is -2.22. The molecule has 0 saturated heterocycles. The smallest absolute Gasteiger partial charge is 0.223 e. The van der Waals surface area contributed by atoms with Crippen LogP contribution in [0.4, 0.5) is 0 Å². The molecule has 100 valence electrons. The van der Waals surface area contributed by atoms with Crippen molar-refractivity contribution in [1.82, 2.24) is 9.62 Å². The molecule has 1 atom stereocenters. The molecule has 0 rings (SSSR count). The molecule has 0 fully saturated rings. The van der Waals surface area contributed by atoms with Crippen LogP contribution in [-0.2, 0) is 14.8 Å². The van der Waals surface area contributed by atoms with Crippen molar-refractivity contribution >= 4 is 33.1 Å². The quantitative estimate of drug-likeness (QED) is 0.611. The second kappa shape index (κ2) is 6.87. The Labute approximate surface area is 108 Å². The van der Waals surface area contributed by atoms with Crippen LogP contribution in [0.1, 0.15) is 19.8 Å². The van der Waals surface area contributed by atoms with Gasteiger partial charge in [-0.1, -0.05) is 19.1 Å². The van der Waals surface area contributed by atoms with Gasteiger partial charge < -0.3 is 11.1 Å². The Bertz CT molecular complexity index is 381. The standard InChI is InChI=1S/C9H19N3O3S2/c1-4-7(9(10)16)17(14,15)12(3)6-5-8(13)11-2/h7H,4-6H2,1-3H3,(H2,10,16)(H,11,13). The molecule has 1 amide bonds. The number of hydrogen-bond donors (Lipinski definition) is 2. The first kappa shape index (κ1) is 16.3. The van der Waals surface area contributed by atoms with E-state index in [1.807, 2.05) is 0 Å². The number of amides is 1. The van der Waals surface area contributed by atoms with Crippen LogP contribution in [0, 0.1) is 0 Å². The Balaban J connectivity index is 4.70. The van der Waals surface area contributed by atoms with Gasteiger partial charge in [0.25, 0.3) is 0 Å². The molecule has 0 aliphatic rings. The molecule has 17 heavy (non-hydrogen) atoms. The fourth-order valence-electron chi connectivity index (χ4n) is 1.29. The fourth-order valence-corrected chi connectivity index (χ4v) is 3.31. The minimum Gasteiger partial charge on any atom is -0.392 e. The molecule has 0 spiro atoms. The van der Waals surface area contributed by atoms with E-state index in [2.05, 4.69) is 5.32 Å². The van der Waals surface area contributed by atoms with E-state index in [0.29, 0.717) is 6.42 Å². The lowest BCUT2D eigenvalue weighted by Crippen LogP contribution is -2.43. The first-order valence-corrected chi connectivity index (χ1v) is 7.13. The molecule has 0 aliphatic heterocycles. The number of thiocarbonyl (C=S) groups is 1. The van der Waals surface area contributed by atoms with Gasteiger partial charge in [0.2, 0.25) is 15.9 Å². The van der Waals surface area contributed by atoms with Gasteiger partial charge in [0.15, 0.2) is 0 Å². The summed E-state index contributed by atoms with van der Waals surface area (Å²) in [7, 11) is -0.651. The molecule has 0 aliphatic carbocycles. The second-order valence-electron chi connectivity index (χ2n) is 3.59. The first-order valence-electron chi connectivity index (χ1n) is 5.22. The molecule has 0 saturated carbocycles. The van der Waals surface area contributed by atoms with Crippen LogP contribution in [0.2, 0.25) is 0 Å². The van der Waals surface area contributed by atoms with Crippen LogP contribution < -0.4 is 11.1 Å². The Morgan fingerprint density at radius 2 is 2.06 bits per heavy atom. The van der Waals surface area contributed by atoms with Crippen LogP contribution in [0.5, 0.6) is 0 Å². The van der Waals surface area contributed by atoms with Gasteiger partial charge in [0, 0.05) is 27.1 Å². The zero-order chi connectivity index (χ0) is 13.6. The number of hydrogen-bond acceptors (Lipinski definition) is 4. The molecular formula is C9H19N3O3S2. The van der Waals surface area contributed by atoms with Crippen molar-refractivity contribution in [1.29, 1.82) is 0 Å². The summed E-state index contributed by atoms with van der Waals surface area (Å²) in [5, 5.41) is 1.56. The Morgan fingerprint density at radius 1 is 1.53 bits per heavy atom. The number of nitrogens with zero attached hydrogens (tertiary/aromatic N) is 1. The van der Waals surface area contributed by atoms with Gasteiger partial charge in [0.05, 0.1) is 4.99 Å². The number of rotatable bonds is 7. The molecule has 6 nitrogen and oxygen atoms in total. The van der Waals surface area contributed by atoms with Gasteiger partial charge in [-0.3, -0.25) is 4.79 Å². The summed E-state index contributed by atoms with van der Waals surface area (Å²) in [6.45, 7) is 1.81. The summed E-state index contributed by atoms with van der Waals surface area (Å²) >= 11 is 4.73. The third-order valence-corrected chi connectivity index (χ3v) is 5.21. The molecule has 3 N–H and O–H groups in total. The highest BCUT2D eigenvalue weighted by Gasteiger charge is 2.30. The van der Waals surface area contributed by atoms with Gasteiger partial charge in [-0.2, -0.15) is 0 Å². The predicted molar refractivity (Wildman–Crippen MR) is 71.1 cm³/mol. The minimum atomic E-state index is -3.57. The molecule has 0 heterocycles. The molecule has 1 unspecified atom stereocenters. The average molecular weight is 281 g/mol. The highest BCUT2D eigenvalue weighted by atomic mass is 32.2. The van der Waals surface area contributed by atoms with Gasteiger partial charge >= 0.3 is 0 Å². The van der Waals surface area contributed by atoms with Crippen molar-refractivity contribution in [3.63, 3.8) is 0 Å². The molecule has 8 heteroatoms. The molecular weight excluding hydrogens is 262 g/mol. The van der Waals surface area contributed by atoms with E-state index in [1.165, 1.54) is 14.1 Å². The molecule has 0 radical (unpaired) electrons. The molecule has 0 bridgehead atoms. The van der Waals surface area contributed by atoms with Crippen molar-refractivity contribution in [3.8, 4) is 0 Å². The third-order valence-electron chi connectivity index (χ3n) is 2.41. The maximum Gasteiger partial charge on any atom is 0.223 e.